The van der Waals surface area contributed by atoms with Gasteiger partial charge in [-0.25, -0.2) is 0 Å². The van der Waals surface area contributed by atoms with E-state index in [4.69, 9.17) is 29.9 Å². The molecular weight excluding hydrogens is 288 g/mol. The molecule has 0 aromatic carbocycles. The Bertz CT molecular complexity index is 142. The molecule has 0 rings (SSSR count). The molecule has 4 N–H and O–H groups in total. The number of hydrogen-bond donors (Lipinski definition) is 4. The highest BCUT2D eigenvalue weighted by Crippen LogP contribution is 1.87. The molecule has 0 aromatic rings. The molecule has 140 valence electrons. The van der Waals surface area contributed by atoms with Gasteiger partial charge in [0.2, 0.25) is 0 Å². The first-order chi connectivity index (χ1) is 10.2. The lowest BCUT2D eigenvalue weighted by Gasteiger charge is -2.03. The van der Waals surface area contributed by atoms with Crippen molar-refractivity contribution < 1.29 is 29.9 Å². The summed E-state index contributed by atoms with van der Waals surface area (Å²) >= 11 is 0. The van der Waals surface area contributed by atoms with Gasteiger partial charge in [0.25, 0.3) is 0 Å². The SMILES string of the molecule is CC(O)CO.CC(O)CO.CCCOC(C)C.CCOCC. The Kier molecular flexibility index (Phi) is 39.0. The molecule has 0 bridgehead atoms. The molecule has 22 heavy (non-hydrogen) atoms. The maximum atomic E-state index is 8.11. The maximum absolute atomic E-state index is 8.11. The Balaban J connectivity index is -0.0000000995. The highest BCUT2D eigenvalue weighted by Gasteiger charge is 1.87. The first-order valence-corrected chi connectivity index (χ1v) is 8.00. The van der Waals surface area contributed by atoms with Gasteiger partial charge in [-0.1, -0.05) is 6.92 Å². The van der Waals surface area contributed by atoms with Crippen molar-refractivity contribution in [3.05, 3.63) is 0 Å². The normalized spacial score (nSPS) is 12.0. The molecular formula is C16H40O6. The van der Waals surface area contributed by atoms with E-state index in [1.165, 1.54) is 13.8 Å². The lowest BCUT2D eigenvalue weighted by Crippen LogP contribution is -2.03. The van der Waals surface area contributed by atoms with Crippen LogP contribution in [0.5, 0.6) is 0 Å². The van der Waals surface area contributed by atoms with Gasteiger partial charge in [-0.05, 0) is 48.0 Å². The molecule has 2 atom stereocenters. The summed E-state index contributed by atoms with van der Waals surface area (Å²) in [6, 6.07) is 0. The summed E-state index contributed by atoms with van der Waals surface area (Å²) in [4.78, 5) is 0. The fourth-order valence-electron chi connectivity index (χ4n) is 0.558. The smallest absolute Gasteiger partial charge is 0.0742 e. The number of hydrogen-bond acceptors (Lipinski definition) is 6. The predicted octanol–water partition coefficient (Wildman–Crippen LogP) is 1.58. The number of aliphatic hydroxyl groups is 4. The van der Waals surface area contributed by atoms with E-state index in [9.17, 15) is 0 Å². The standard InChI is InChI=1S/C6H14O.C4H10O.2C3H8O2/c1-4-5-7-6(2)3;1-3-5-4-2;2*1-3(5)2-4/h6H,4-5H2,1-3H3;3-4H2,1-2H3;2*3-5H,2H2,1H3. The second-order valence-electron chi connectivity index (χ2n) is 4.76. The van der Waals surface area contributed by atoms with Crippen LogP contribution in [0.1, 0.15) is 54.9 Å². The largest absolute Gasteiger partial charge is 0.394 e. The summed E-state index contributed by atoms with van der Waals surface area (Å²) in [7, 11) is 0. The minimum atomic E-state index is -0.560. The van der Waals surface area contributed by atoms with Gasteiger partial charge in [-0.3, -0.25) is 0 Å². The van der Waals surface area contributed by atoms with Gasteiger partial charge >= 0.3 is 0 Å². The monoisotopic (exact) mass is 328 g/mol. The Morgan fingerprint density at radius 2 is 1.09 bits per heavy atom. The summed E-state index contributed by atoms with van der Waals surface area (Å²) in [5.74, 6) is 0. The number of rotatable bonds is 7. The van der Waals surface area contributed by atoms with E-state index < -0.39 is 12.2 Å². The van der Waals surface area contributed by atoms with Crippen LogP contribution >= 0.6 is 0 Å². The average Bonchev–Trinajstić information content (AvgIpc) is 2.47. The van der Waals surface area contributed by atoms with Crippen LogP contribution in [0.2, 0.25) is 0 Å². The van der Waals surface area contributed by atoms with Crippen LogP contribution in [0.3, 0.4) is 0 Å². The summed E-state index contributed by atoms with van der Waals surface area (Å²) in [5.41, 5.74) is 0. The lowest BCUT2D eigenvalue weighted by molar-refractivity contribution is 0.0794. The molecule has 0 aliphatic rings. The predicted molar refractivity (Wildman–Crippen MR) is 91.1 cm³/mol. The van der Waals surface area contributed by atoms with E-state index in [0.29, 0.717) is 6.10 Å². The quantitative estimate of drug-likeness (QED) is 0.566. The van der Waals surface area contributed by atoms with Crippen LogP contribution in [0.4, 0.5) is 0 Å². The topological polar surface area (TPSA) is 99.4 Å². The third kappa shape index (κ3) is 73.0. The Labute approximate surface area is 137 Å². The average molecular weight is 328 g/mol. The highest BCUT2D eigenvalue weighted by atomic mass is 16.5. The molecule has 0 fully saturated rings. The van der Waals surface area contributed by atoms with Gasteiger partial charge in [0.05, 0.1) is 31.5 Å². The van der Waals surface area contributed by atoms with Gasteiger partial charge in [0.1, 0.15) is 0 Å². The molecule has 0 radical (unpaired) electrons. The minimum absolute atomic E-state index is 0.139. The van der Waals surface area contributed by atoms with Crippen LogP contribution in [-0.2, 0) is 9.47 Å². The molecule has 2 unspecified atom stereocenters. The molecule has 0 saturated heterocycles. The lowest BCUT2D eigenvalue weighted by atomic mass is 10.4. The second kappa shape index (κ2) is 28.9. The fraction of sp³-hybridized carbons (Fsp3) is 1.00. The van der Waals surface area contributed by atoms with Crippen molar-refractivity contribution in [2.45, 2.75) is 73.2 Å². The van der Waals surface area contributed by atoms with Crippen molar-refractivity contribution in [2.24, 2.45) is 0 Å². The molecule has 0 saturated carbocycles. The van der Waals surface area contributed by atoms with Crippen molar-refractivity contribution in [3.63, 3.8) is 0 Å². The van der Waals surface area contributed by atoms with E-state index in [0.717, 1.165) is 26.2 Å². The molecule has 0 spiro atoms. The van der Waals surface area contributed by atoms with E-state index in [1.54, 1.807) is 0 Å². The van der Waals surface area contributed by atoms with Gasteiger partial charge in [0.15, 0.2) is 0 Å². The summed E-state index contributed by atoms with van der Waals surface area (Å²) in [5, 5.41) is 32.0. The van der Waals surface area contributed by atoms with E-state index in [1.807, 2.05) is 13.8 Å². The van der Waals surface area contributed by atoms with E-state index in [-0.39, 0.29) is 13.2 Å². The second-order valence-corrected chi connectivity index (χ2v) is 4.76. The van der Waals surface area contributed by atoms with Crippen molar-refractivity contribution in [3.8, 4) is 0 Å². The molecule has 0 aromatic heterocycles. The Morgan fingerprint density at radius 1 is 0.773 bits per heavy atom. The molecule has 0 aliphatic carbocycles. The summed E-state index contributed by atoms with van der Waals surface area (Å²) in [6.07, 6.45) is 0.406. The highest BCUT2D eigenvalue weighted by molar-refractivity contribution is 4.34. The van der Waals surface area contributed by atoms with Crippen LogP contribution in [-0.4, -0.2) is 71.8 Å². The molecule has 6 heteroatoms. The minimum Gasteiger partial charge on any atom is -0.394 e. The van der Waals surface area contributed by atoms with Crippen molar-refractivity contribution in [1.29, 1.82) is 0 Å². The van der Waals surface area contributed by atoms with Crippen LogP contribution in [0.15, 0.2) is 0 Å². The van der Waals surface area contributed by atoms with Crippen molar-refractivity contribution in [1.82, 2.24) is 0 Å². The first-order valence-electron chi connectivity index (χ1n) is 8.00. The Morgan fingerprint density at radius 3 is 1.14 bits per heavy atom. The summed E-state index contributed by atoms with van der Waals surface area (Å²) < 4.78 is 10.0. The van der Waals surface area contributed by atoms with E-state index in [2.05, 4.69) is 20.8 Å². The Hall–Kier alpha value is -0.240. The summed E-state index contributed by atoms with van der Waals surface area (Å²) in [6.45, 7) is 15.6. The molecule has 0 aliphatic heterocycles. The third-order valence-electron chi connectivity index (χ3n) is 1.59. The van der Waals surface area contributed by atoms with Crippen LogP contribution < -0.4 is 0 Å². The van der Waals surface area contributed by atoms with Crippen LogP contribution in [0.25, 0.3) is 0 Å². The maximum Gasteiger partial charge on any atom is 0.0742 e. The zero-order valence-electron chi connectivity index (χ0n) is 15.6. The van der Waals surface area contributed by atoms with Gasteiger partial charge in [0, 0.05) is 19.8 Å². The van der Waals surface area contributed by atoms with E-state index >= 15 is 0 Å². The first kappa shape index (κ1) is 29.7. The van der Waals surface area contributed by atoms with Crippen LogP contribution in [0, 0.1) is 0 Å². The van der Waals surface area contributed by atoms with Gasteiger partial charge < -0.3 is 29.9 Å². The molecule has 6 nitrogen and oxygen atoms in total. The zero-order chi connectivity index (χ0) is 18.4. The molecule has 0 amide bonds. The van der Waals surface area contributed by atoms with Gasteiger partial charge in [-0.2, -0.15) is 0 Å². The number of aliphatic hydroxyl groups excluding tert-OH is 4. The number of ether oxygens (including phenoxy) is 2. The third-order valence-corrected chi connectivity index (χ3v) is 1.59. The van der Waals surface area contributed by atoms with Crippen molar-refractivity contribution in [2.75, 3.05) is 33.0 Å². The van der Waals surface area contributed by atoms with Gasteiger partial charge in [-0.15, -0.1) is 0 Å². The van der Waals surface area contributed by atoms with Crippen molar-refractivity contribution >= 4 is 0 Å². The fourth-order valence-corrected chi connectivity index (χ4v) is 0.558. The molecule has 0 heterocycles. The zero-order valence-corrected chi connectivity index (χ0v) is 15.6.